The summed E-state index contributed by atoms with van der Waals surface area (Å²) in [5, 5.41) is 11.0. The Hall–Kier alpha value is -3.48. The summed E-state index contributed by atoms with van der Waals surface area (Å²) < 4.78 is 10.5. The van der Waals surface area contributed by atoms with Gasteiger partial charge in [0.2, 0.25) is 0 Å². The van der Waals surface area contributed by atoms with Gasteiger partial charge in [0, 0.05) is 18.1 Å². The van der Waals surface area contributed by atoms with E-state index in [2.05, 4.69) is 9.72 Å². The van der Waals surface area contributed by atoms with Gasteiger partial charge in [-0.15, -0.1) is 0 Å². The van der Waals surface area contributed by atoms with Crippen LogP contribution in [0.1, 0.15) is 36.6 Å². The monoisotopic (exact) mass is 380 g/mol. The van der Waals surface area contributed by atoms with Crippen LogP contribution < -0.4 is 0 Å². The molecule has 144 valence electrons. The smallest absolute Gasteiger partial charge is 0.330 e. The summed E-state index contributed by atoms with van der Waals surface area (Å²) in [6, 6.07) is 14.3. The normalized spacial score (nSPS) is 13.5. The molecule has 3 aromatic rings. The molecule has 0 aliphatic rings. The van der Waals surface area contributed by atoms with Crippen molar-refractivity contribution in [3.63, 3.8) is 0 Å². The number of esters is 1. The Morgan fingerprint density at radius 2 is 2.04 bits per heavy atom. The Bertz CT molecular complexity index is 1010. The number of ether oxygens (including phenoxy) is 1. The van der Waals surface area contributed by atoms with E-state index < -0.39 is 10.9 Å². The number of oxazole rings is 1. The van der Waals surface area contributed by atoms with Crippen molar-refractivity contribution in [2.45, 2.75) is 25.2 Å². The van der Waals surface area contributed by atoms with E-state index in [1.807, 2.05) is 37.3 Å². The van der Waals surface area contributed by atoms with Gasteiger partial charge in [0.25, 0.3) is 5.69 Å². The van der Waals surface area contributed by atoms with Gasteiger partial charge in [-0.05, 0) is 24.0 Å². The third kappa shape index (κ3) is 4.25. The fraction of sp³-hybridized carbons (Fsp3) is 0.238. The summed E-state index contributed by atoms with van der Waals surface area (Å²) in [4.78, 5) is 26.4. The zero-order valence-electron chi connectivity index (χ0n) is 15.6. The van der Waals surface area contributed by atoms with Crippen molar-refractivity contribution < 1.29 is 18.9 Å². The zero-order chi connectivity index (χ0) is 20.1. The number of hydrogen-bond donors (Lipinski definition) is 0. The van der Waals surface area contributed by atoms with Gasteiger partial charge in [0.05, 0.1) is 18.1 Å². The molecule has 0 spiro atoms. The van der Waals surface area contributed by atoms with Crippen LogP contribution in [0.2, 0.25) is 0 Å². The van der Waals surface area contributed by atoms with Crippen LogP contribution in [0.5, 0.6) is 0 Å². The molecule has 0 fully saturated rings. The predicted molar refractivity (Wildman–Crippen MR) is 104 cm³/mol. The number of benzene rings is 2. The van der Waals surface area contributed by atoms with E-state index in [4.69, 9.17) is 4.42 Å². The standard InChI is InChI=1S/C21H20N2O5/c1-14(21-22-18-12-11-16(23(25)26)13-19(18)28-21)17(9-6-10-20(24)27-2)15-7-4-3-5-8-15/h3-8,10-14,17H,9H2,1-2H3/b10-6+/t14?,17-/m1/s1. The number of fused-ring (bicyclic) bond motifs is 1. The van der Waals surface area contributed by atoms with Crippen molar-refractivity contribution in [1.82, 2.24) is 4.98 Å². The molecule has 2 aromatic carbocycles. The second kappa shape index (κ2) is 8.47. The summed E-state index contributed by atoms with van der Waals surface area (Å²) in [6.45, 7) is 1.99. The van der Waals surface area contributed by atoms with Gasteiger partial charge in [0.15, 0.2) is 11.5 Å². The van der Waals surface area contributed by atoms with E-state index in [0.717, 1.165) is 5.56 Å². The topological polar surface area (TPSA) is 95.5 Å². The largest absolute Gasteiger partial charge is 0.466 e. The van der Waals surface area contributed by atoms with Crippen molar-refractivity contribution in [3.05, 3.63) is 82.3 Å². The number of methoxy groups -OCH3 is 1. The average molecular weight is 380 g/mol. The molecule has 2 atom stereocenters. The van der Waals surface area contributed by atoms with Crippen molar-refractivity contribution in [3.8, 4) is 0 Å². The zero-order valence-corrected chi connectivity index (χ0v) is 15.6. The Kier molecular flexibility index (Phi) is 5.84. The number of carbonyl (C=O) groups is 1. The molecular weight excluding hydrogens is 360 g/mol. The highest BCUT2D eigenvalue weighted by atomic mass is 16.6. The number of non-ortho nitro benzene ring substituents is 1. The summed E-state index contributed by atoms with van der Waals surface area (Å²) in [6.07, 6.45) is 3.75. The number of nitrogens with zero attached hydrogens (tertiary/aromatic N) is 2. The molecule has 1 heterocycles. The van der Waals surface area contributed by atoms with Gasteiger partial charge in [-0.1, -0.05) is 43.3 Å². The first-order valence-corrected chi connectivity index (χ1v) is 8.84. The second-order valence-electron chi connectivity index (χ2n) is 6.43. The van der Waals surface area contributed by atoms with Crippen molar-refractivity contribution in [1.29, 1.82) is 0 Å². The summed E-state index contributed by atoms with van der Waals surface area (Å²) in [5.41, 5.74) is 2.00. The number of hydrogen-bond acceptors (Lipinski definition) is 6. The quantitative estimate of drug-likeness (QED) is 0.254. The van der Waals surface area contributed by atoms with Crippen LogP contribution in [-0.2, 0) is 9.53 Å². The minimum atomic E-state index is -0.463. The lowest BCUT2D eigenvalue weighted by atomic mass is 9.84. The highest BCUT2D eigenvalue weighted by Crippen LogP contribution is 2.37. The number of aromatic nitrogens is 1. The van der Waals surface area contributed by atoms with Gasteiger partial charge in [0.1, 0.15) is 5.52 Å². The van der Waals surface area contributed by atoms with Crippen molar-refractivity contribution in [2.24, 2.45) is 0 Å². The summed E-state index contributed by atoms with van der Waals surface area (Å²) in [7, 11) is 1.33. The van der Waals surface area contributed by atoms with E-state index in [0.29, 0.717) is 23.4 Å². The maximum Gasteiger partial charge on any atom is 0.330 e. The molecule has 1 aromatic heterocycles. The Balaban J connectivity index is 1.92. The van der Waals surface area contributed by atoms with Gasteiger partial charge in [-0.25, -0.2) is 9.78 Å². The van der Waals surface area contributed by atoms with Crippen molar-refractivity contribution in [2.75, 3.05) is 7.11 Å². The highest BCUT2D eigenvalue weighted by molar-refractivity contribution is 5.81. The van der Waals surface area contributed by atoms with E-state index in [-0.39, 0.29) is 17.5 Å². The molecule has 0 N–H and O–H groups in total. The molecule has 1 unspecified atom stereocenters. The lowest BCUT2D eigenvalue weighted by Crippen LogP contribution is -2.08. The van der Waals surface area contributed by atoms with Crippen LogP contribution in [0.3, 0.4) is 0 Å². The molecule has 0 amide bonds. The lowest BCUT2D eigenvalue weighted by Gasteiger charge is -2.21. The number of rotatable bonds is 7. The minimum Gasteiger partial charge on any atom is -0.466 e. The number of nitro benzene ring substituents is 1. The second-order valence-corrected chi connectivity index (χ2v) is 6.43. The molecule has 0 aliphatic carbocycles. The molecule has 28 heavy (non-hydrogen) atoms. The SMILES string of the molecule is COC(=O)/C=C/C[C@@H](c1ccccc1)C(C)c1nc2ccc([N+](=O)[O-])cc2o1. The van der Waals surface area contributed by atoms with Crippen LogP contribution in [0.25, 0.3) is 11.1 Å². The van der Waals surface area contributed by atoms with E-state index >= 15 is 0 Å². The molecule has 3 rings (SSSR count). The third-order valence-electron chi connectivity index (χ3n) is 4.67. The highest BCUT2D eigenvalue weighted by Gasteiger charge is 2.25. The Morgan fingerprint density at radius 1 is 1.29 bits per heavy atom. The van der Waals surface area contributed by atoms with Gasteiger partial charge >= 0.3 is 5.97 Å². The Morgan fingerprint density at radius 3 is 2.71 bits per heavy atom. The van der Waals surface area contributed by atoms with E-state index in [9.17, 15) is 14.9 Å². The van der Waals surface area contributed by atoms with Gasteiger partial charge in [-0.2, -0.15) is 0 Å². The maximum absolute atomic E-state index is 11.4. The van der Waals surface area contributed by atoms with E-state index in [1.165, 1.54) is 25.3 Å². The fourth-order valence-corrected chi connectivity index (χ4v) is 3.12. The van der Waals surface area contributed by atoms with Crippen LogP contribution in [0.4, 0.5) is 5.69 Å². The molecule has 0 saturated carbocycles. The first kappa shape index (κ1) is 19.3. The average Bonchev–Trinajstić information content (AvgIpc) is 3.14. The number of allylic oxidation sites excluding steroid dienone is 1. The molecule has 7 nitrogen and oxygen atoms in total. The van der Waals surface area contributed by atoms with Gasteiger partial charge in [-0.3, -0.25) is 10.1 Å². The van der Waals surface area contributed by atoms with Crippen LogP contribution in [0.15, 0.2) is 65.1 Å². The molecule has 7 heteroatoms. The first-order chi connectivity index (χ1) is 13.5. The Labute approximate surface area is 161 Å². The number of carbonyl (C=O) groups excluding carboxylic acids is 1. The predicted octanol–water partition coefficient (Wildman–Crippen LogP) is 4.74. The van der Waals surface area contributed by atoms with Crippen LogP contribution in [-0.4, -0.2) is 23.0 Å². The fourth-order valence-electron chi connectivity index (χ4n) is 3.12. The third-order valence-corrected chi connectivity index (χ3v) is 4.67. The molecular formula is C21H20N2O5. The van der Waals surface area contributed by atoms with E-state index in [1.54, 1.807) is 12.1 Å². The number of nitro groups is 1. The molecule has 0 bridgehead atoms. The summed E-state index contributed by atoms with van der Waals surface area (Å²) in [5.74, 6) is -0.0224. The van der Waals surface area contributed by atoms with Crippen molar-refractivity contribution >= 4 is 22.8 Å². The van der Waals surface area contributed by atoms with Crippen LogP contribution in [0, 0.1) is 10.1 Å². The van der Waals surface area contributed by atoms with Gasteiger partial charge < -0.3 is 9.15 Å². The first-order valence-electron chi connectivity index (χ1n) is 8.84. The maximum atomic E-state index is 11.4. The molecule has 0 aliphatic heterocycles. The minimum absolute atomic E-state index is 0.00477. The summed E-state index contributed by atoms with van der Waals surface area (Å²) >= 11 is 0. The van der Waals surface area contributed by atoms with Crippen LogP contribution >= 0.6 is 0 Å². The lowest BCUT2D eigenvalue weighted by molar-refractivity contribution is -0.384. The molecule has 0 saturated heterocycles. The molecule has 0 radical (unpaired) electrons.